The van der Waals surface area contributed by atoms with Crippen molar-refractivity contribution in [3.8, 4) is 11.3 Å². The Balaban J connectivity index is 1.69. The number of nitrogens with one attached hydrogen (secondary N) is 1. The van der Waals surface area contributed by atoms with Gasteiger partial charge < -0.3 is 9.88 Å². The SMILES string of the molecule is O=C(Cn1cccc1)NCc1cccnc1-c1cccnc1. The fourth-order valence-corrected chi connectivity index (χ4v) is 2.24. The van der Waals surface area contributed by atoms with E-state index in [0.717, 1.165) is 16.8 Å². The molecule has 0 aliphatic rings. The summed E-state index contributed by atoms with van der Waals surface area (Å²) < 4.78 is 1.83. The summed E-state index contributed by atoms with van der Waals surface area (Å²) in [4.78, 5) is 20.5. The molecule has 0 unspecified atom stereocenters. The van der Waals surface area contributed by atoms with E-state index in [4.69, 9.17) is 0 Å². The maximum absolute atomic E-state index is 12.0. The molecule has 0 aliphatic heterocycles. The smallest absolute Gasteiger partial charge is 0.240 e. The standard InChI is InChI=1S/C17H16N4O/c22-16(13-21-9-1-2-10-21)20-12-15-6-4-8-19-17(15)14-5-3-7-18-11-14/h1-11H,12-13H2,(H,20,22). The van der Waals surface area contributed by atoms with E-state index in [1.807, 2.05) is 53.4 Å². The number of pyridine rings is 2. The van der Waals surface area contributed by atoms with Crippen molar-refractivity contribution in [3.63, 3.8) is 0 Å². The quantitative estimate of drug-likeness (QED) is 0.784. The van der Waals surface area contributed by atoms with Crippen molar-refractivity contribution in [2.24, 2.45) is 0 Å². The summed E-state index contributed by atoms with van der Waals surface area (Å²) in [6, 6.07) is 11.5. The molecule has 22 heavy (non-hydrogen) atoms. The van der Waals surface area contributed by atoms with Crippen molar-refractivity contribution in [1.29, 1.82) is 0 Å². The molecule has 0 fully saturated rings. The van der Waals surface area contributed by atoms with Crippen LogP contribution < -0.4 is 5.32 Å². The van der Waals surface area contributed by atoms with Gasteiger partial charge in [-0.1, -0.05) is 6.07 Å². The van der Waals surface area contributed by atoms with Crippen molar-refractivity contribution < 1.29 is 4.79 Å². The van der Waals surface area contributed by atoms with Crippen LogP contribution in [-0.4, -0.2) is 20.4 Å². The third-order valence-electron chi connectivity index (χ3n) is 3.29. The van der Waals surface area contributed by atoms with Gasteiger partial charge in [0, 0.05) is 43.1 Å². The van der Waals surface area contributed by atoms with Crippen LogP contribution in [0.3, 0.4) is 0 Å². The largest absolute Gasteiger partial charge is 0.350 e. The van der Waals surface area contributed by atoms with Gasteiger partial charge in [-0.15, -0.1) is 0 Å². The summed E-state index contributed by atoms with van der Waals surface area (Å²) in [6.45, 7) is 0.758. The number of hydrogen-bond donors (Lipinski definition) is 1. The van der Waals surface area contributed by atoms with Crippen LogP contribution in [0.15, 0.2) is 67.4 Å². The van der Waals surface area contributed by atoms with E-state index >= 15 is 0 Å². The fourth-order valence-electron chi connectivity index (χ4n) is 2.24. The highest BCUT2D eigenvalue weighted by atomic mass is 16.1. The number of hydrogen-bond acceptors (Lipinski definition) is 3. The van der Waals surface area contributed by atoms with E-state index in [1.165, 1.54) is 0 Å². The number of carbonyl (C=O) groups is 1. The maximum Gasteiger partial charge on any atom is 0.240 e. The second-order valence-corrected chi connectivity index (χ2v) is 4.88. The van der Waals surface area contributed by atoms with Crippen molar-refractivity contribution in [1.82, 2.24) is 19.9 Å². The van der Waals surface area contributed by atoms with E-state index in [9.17, 15) is 4.79 Å². The number of aromatic nitrogens is 3. The van der Waals surface area contributed by atoms with Crippen LogP contribution in [0.4, 0.5) is 0 Å². The number of carbonyl (C=O) groups excluding carboxylic acids is 1. The lowest BCUT2D eigenvalue weighted by Crippen LogP contribution is -2.26. The van der Waals surface area contributed by atoms with Crippen LogP contribution in [0.2, 0.25) is 0 Å². The van der Waals surface area contributed by atoms with Crippen molar-refractivity contribution in [2.75, 3.05) is 0 Å². The predicted molar refractivity (Wildman–Crippen MR) is 83.7 cm³/mol. The van der Waals surface area contributed by atoms with Crippen LogP contribution in [0.1, 0.15) is 5.56 Å². The topological polar surface area (TPSA) is 59.8 Å². The van der Waals surface area contributed by atoms with E-state index in [2.05, 4.69) is 15.3 Å². The molecule has 3 aromatic heterocycles. The molecular weight excluding hydrogens is 276 g/mol. The zero-order valence-electron chi connectivity index (χ0n) is 12.0. The predicted octanol–water partition coefficient (Wildman–Crippen LogP) is 2.26. The van der Waals surface area contributed by atoms with Gasteiger partial charge in [-0.3, -0.25) is 14.8 Å². The highest BCUT2D eigenvalue weighted by molar-refractivity contribution is 5.76. The van der Waals surface area contributed by atoms with Crippen LogP contribution in [0.5, 0.6) is 0 Å². The summed E-state index contributed by atoms with van der Waals surface area (Å²) >= 11 is 0. The first kappa shape index (κ1) is 14.0. The summed E-state index contributed by atoms with van der Waals surface area (Å²) in [6.07, 6.45) is 8.97. The Bertz CT molecular complexity index is 738. The van der Waals surface area contributed by atoms with Crippen LogP contribution >= 0.6 is 0 Å². The molecule has 1 amide bonds. The molecule has 110 valence electrons. The minimum atomic E-state index is -0.0304. The van der Waals surface area contributed by atoms with Gasteiger partial charge in [-0.05, 0) is 35.9 Å². The first-order valence-corrected chi connectivity index (χ1v) is 7.04. The molecule has 0 atom stereocenters. The van der Waals surface area contributed by atoms with Gasteiger partial charge in [0.1, 0.15) is 6.54 Å². The number of rotatable bonds is 5. The highest BCUT2D eigenvalue weighted by Gasteiger charge is 2.08. The van der Waals surface area contributed by atoms with Crippen LogP contribution in [0.25, 0.3) is 11.3 Å². The van der Waals surface area contributed by atoms with Crippen molar-refractivity contribution >= 4 is 5.91 Å². The third kappa shape index (κ3) is 3.38. The molecule has 5 heteroatoms. The molecule has 0 saturated heterocycles. The Labute approximate surface area is 128 Å². The fraction of sp³-hybridized carbons (Fsp3) is 0.118. The second kappa shape index (κ2) is 6.67. The minimum absolute atomic E-state index is 0.0304. The third-order valence-corrected chi connectivity index (χ3v) is 3.29. The second-order valence-electron chi connectivity index (χ2n) is 4.88. The van der Waals surface area contributed by atoms with E-state index in [0.29, 0.717) is 13.1 Å². The van der Waals surface area contributed by atoms with Gasteiger partial charge in [0.15, 0.2) is 0 Å². The van der Waals surface area contributed by atoms with Gasteiger partial charge in [0.25, 0.3) is 0 Å². The molecule has 0 radical (unpaired) electrons. The molecular formula is C17H16N4O. The van der Waals surface area contributed by atoms with E-state index < -0.39 is 0 Å². The summed E-state index contributed by atoms with van der Waals surface area (Å²) in [5.74, 6) is -0.0304. The Morgan fingerprint density at radius 3 is 2.68 bits per heavy atom. The monoisotopic (exact) mass is 292 g/mol. The van der Waals surface area contributed by atoms with Crippen molar-refractivity contribution in [3.05, 3.63) is 72.9 Å². The summed E-state index contributed by atoms with van der Waals surface area (Å²) in [7, 11) is 0. The maximum atomic E-state index is 12.0. The minimum Gasteiger partial charge on any atom is -0.350 e. The lowest BCUT2D eigenvalue weighted by Gasteiger charge is -2.10. The van der Waals surface area contributed by atoms with Gasteiger partial charge in [-0.25, -0.2) is 0 Å². The van der Waals surface area contributed by atoms with Gasteiger partial charge in [0.05, 0.1) is 5.69 Å². The van der Waals surface area contributed by atoms with Crippen molar-refractivity contribution in [2.45, 2.75) is 13.1 Å². The average molecular weight is 292 g/mol. The molecule has 0 spiro atoms. The normalized spacial score (nSPS) is 10.4. The lowest BCUT2D eigenvalue weighted by atomic mass is 10.1. The molecule has 0 aromatic carbocycles. The summed E-state index contributed by atoms with van der Waals surface area (Å²) in [5, 5.41) is 2.93. The highest BCUT2D eigenvalue weighted by Crippen LogP contribution is 2.19. The molecule has 3 heterocycles. The molecule has 1 N–H and O–H groups in total. The Hall–Kier alpha value is -2.95. The van der Waals surface area contributed by atoms with Crippen LogP contribution in [0, 0.1) is 0 Å². The van der Waals surface area contributed by atoms with E-state index in [-0.39, 0.29) is 5.91 Å². The zero-order chi connectivity index (χ0) is 15.2. The summed E-state index contributed by atoms with van der Waals surface area (Å²) in [5.41, 5.74) is 2.76. The molecule has 0 saturated carbocycles. The van der Waals surface area contributed by atoms with E-state index in [1.54, 1.807) is 18.6 Å². The van der Waals surface area contributed by atoms with Gasteiger partial charge in [0.2, 0.25) is 5.91 Å². The average Bonchev–Trinajstić information content (AvgIpc) is 3.07. The number of amides is 1. The molecule has 3 rings (SSSR count). The molecule has 3 aromatic rings. The molecule has 0 aliphatic carbocycles. The van der Waals surface area contributed by atoms with Gasteiger partial charge in [-0.2, -0.15) is 0 Å². The first-order chi connectivity index (χ1) is 10.8. The Kier molecular flexibility index (Phi) is 4.25. The Morgan fingerprint density at radius 1 is 1.09 bits per heavy atom. The number of nitrogens with zero attached hydrogens (tertiary/aromatic N) is 3. The molecule has 5 nitrogen and oxygen atoms in total. The van der Waals surface area contributed by atoms with Crippen LogP contribution in [-0.2, 0) is 17.9 Å². The Morgan fingerprint density at radius 2 is 1.91 bits per heavy atom. The lowest BCUT2D eigenvalue weighted by molar-refractivity contribution is -0.121. The first-order valence-electron chi connectivity index (χ1n) is 7.04. The van der Waals surface area contributed by atoms with Gasteiger partial charge >= 0.3 is 0 Å². The molecule has 0 bridgehead atoms. The zero-order valence-corrected chi connectivity index (χ0v) is 12.0.